The van der Waals surface area contributed by atoms with Gasteiger partial charge in [-0.3, -0.25) is 34.2 Å². The summed E-state index contributed by atoms with van der Waals surface area (Å²) in [5.74, 6) is -2.93. The number of benzene rings is 1. The van der Waals surface area contributed by atoms with Crippen molar-refractivity contribution < 1.29 is 38.6 Å². The molecule has 6 amide bonds. The number of nitrogens with zero attached hydrogens (tertiary/aromatic N) is 2. The largest absolute Gasteiger partial charge is 0.483 e. The highest BCUT2D eigenvalue weighted by molar-refractivity contribution is 6.24. The van der Waals surface area contributed by atoms with Crippen molar-refractivity contribution in [2.45, 2.75) is 64.5 Å². The van der Waals surface area contributed by atoms with E-state index in [9.17, 15) is 33.9 Å². The van der Waals surface area contributed by atoms with Gasteiger partial charge in [0, 0.05) is 25.0 Å². The number of carbonyl (C=O) groups excluding carboxylic acids is 5. The second kappa shape index (κ2) is 11.4. The molecule has 2 heterocycles. The zero-order chi connectivity index (χ0) is 27.3. The van der Waals surface area contributed by atoms with E-state index in [4.69, 9.17) is 4.74 Å². The van der Waals surface area contributed by atoms with Crippen molar-refractivity contribution in [2.75, 3.05) is 19.7 Å². The van der Waals surface area contributed by atoms with E-state index in [0.29, 0.717) is 32.4 Å². The van der Waals surface area contributed by atoms with E-state index in [1.807, 2.05) is 20.8 Å². The molecule has 200 valence electrons. The van der Waals surface area contributed by atoms with E-state index in [-0.39, 0.29) is 29.7 Å². The van der Waals surface area contributed by atoms with Gasteiger partial charge < -0.3 is 20.1 Å². The van der Waals surface area contributed by atoms with Gasteiger partial charge in [-0.25, -0.2) is 4.79 Å². The Morgan fingerprint density at radius 3 is 2.57 bits per heavy atom. The fraction of sp³-hybridized carbons (Fsp3) is 0.520. The average Bonchev–Trinajstić information content (AvgIpc) is 2.94. The van der Waals surface area contributed by atoms with Crippen molar-refractivity contribution in [3.05, 3.63) is 29.3 Å². The monoisotopic (exact) mass is 516 g/mol. The number of carbonyl (C=O) groups is 6. The molecule has 37 heavy (non-hydrogen) atoms. The summed E-state index contributed by atoms with van der Waals surface area (Å²) in [6, 6.07) is 3.32. The summed E-state index contributed by atoms with van der Waals surface area (Å²) in [6.45, 7) is 5.67. The summed E-state index contributed by atoms with van der Waals surface area (Å²) in [7, 11) is 0. The molecule has 0 bridgehead atoms. The molecule has 12 heteroatoms. The van der Waals surface area contributed by atoms with Gasteiger partial charge in [0.15, 0.2) is 6.61 Å². The second-order valence-corrected chi connectivity index (χ2v) is 9.93. The number of amides is 6. The van der Waals surface area contributed by atoms with Crippen LogP contribution in [0, 0.1) is 0 Å². The minimum Gasteiger partial charge on any atom is -0.483 e. The number of hydrogen-bond donors (Lipinski definition) is 3. The summed E-state index contributed by atoms with van der Waals surface area (Å²) < 4.78 is 5.55. The molecule has 0 aromatic heterocycles. The predicted octanol–water partition coefficient (Wildman–Crippen LogP) is 1.53. The van der Waals surface area contributed by atoms with E-state index in [0.717, 1.165) is 4.90 Å². The average molecular weight is 517 g/mol. The number of hydrogen-bond acceptors (Lipinski definition) is 7. The Hall–Kier alpha value is -3.96. The van der Waals surface area contributed by atoms with Gasteiger partial charge in [0.25, 0.3) is 17.7 Å². The van der Waals surface area contributed by atoms with Crippen LogP contribution in [0.3, 0.4) is 0 Å². The van der Waals surface area contributed by atoms with E-state index >= 15 is 0 Å². The minimum atomic E-state index is -1.11. The Labute approximate surface area is 214 Å². The Morgan fingerprint density at radius 1 is 1.16 bits per heavy atom. The highest BCUT2D eigenvalue weighted by Crippen LogP contribution is 2.33. The van der Waals surface area contributed by atoms with Crippen LogP contribution >= 0.6 is 0 Å². The summed E-state index contributed by atoms with van der Waals surface area (Å²) in [4.78, 5) is 76.0. The van der Waals surface area contributed by atoms with E-state index < -0.39 is 53.8 Å². The fourth-order valence-electron chi connectivity index (χ4n) is 4.33. The predicted molar refractivity (Wildman–Crippen MR) is 130 cm³/mol. The van der Waals surface area contributed by atoms with Crippen LogP contribution in [0.2, 0.25) is 0 Å². The molecule has 0 aliphatic carbocycles. The molecule has 0 radical (unpaired) electrons. The normalized spacial score (nSPS) is 17.7. The van der Waals surface area contributed by atoms with E-state index in [1.54, 1.807) is 0 Å². The molecule has 1 saturated heterocycles. The number of unbranched alkanes of at least 4 members (excludes halogenated alkanes) is 1. The fourth-order valence-corrected chi connectivity index (χ4v) is 4.33. The first kappa shape index (κ1) is 27.6. The molecule has 0 unspecified atom stereocenters. The summed E-state index contributed by atoms with van der Waals surface area (Å²) in [6.07, 6.45) is 0.763. The minimum absolute atomic E-state index is 0.0281. The van der Waals surface area contributed by atoms with Crippen LogP contribution in [0.1, 0.15) is 73.6 Å². The maximum absolute atomic E-state index is 13.1. The molecular weight excluding hydrogens is 484 g/mol. The molecular formula is C25H32N4O8. The molecule has 1 aromatic carbocycles. The lowest BCUT2D eigenvalue weighted by atomic mass is 10.1. The Balaban J connectivity index is 1.55. The van der Waals surface area contributed by atoms with Crippen LogP contribution in [0.25, 0.3) is 0 Å². The molecule has 3 N–H and O–H groups in total. The van der Waals surface area contributed by atoms with Crippen LogP contribution in [0.5, 0.6) is 5.75 Å². The Kier molecular flexibility index (Phi) is 8.51. The van der Waals surface area contributed by atoms with Crippen LogP contribution < -0.4 is 15.4 Å². The zero-order valence-corrected chi connectivity index (χ0v) is 21.2. The SMILES string of the molecule is CC(C)(C)N(CCCCNC(=O)COc1cccc2c1C(=O)N([C@H]1CCCC(=O)NC1=O)C2=O)C(=O)O. The lowest BCUT2D eigenvalue weighted by molar-refractivity contribution is -0.131. The first-order chi connectivity index (χ1) is 17.4. The van der Waals surface area contributed by atoms with Gasteiger partial charge in [-0.15, -0.1) is 0 Å². The molecule has 1 atom stereocenters. The number of imide groups is 2. The van der Waals surface area contributed by atoms with E-state index in [1.165, 1.54) is 23.1 Å². The Morgan fingerprint density at radius 2 is 1.89 bits per heavy atom. The van der Waals surface area contributed by atoms with Gasteiger partial charge in [0.2, 0.25) is 11.8 Å². The second-order valence-electron chi connectivity index (χ2n) is 9.93. The van der Waals surface area contributed by atoms with Crippen molar-refractivity contribution in [1.29, 1.82) is 0 Å². The van der Waals surface area contributed by atoms with Crippen molar-refractivity contribution >= 4 is 35.6 Å². The van der Waals surface area contributed by atoms with Crippen molar-refractivity contribution in [3.63, 3.8) is 0 Å². The number of carboxylic acid groups (broad SMARTS) is 1. The molecule has 0 spiro atoms. The lowest BCUT2D eigenvalue weighted by Gasteiger charge is -2.33. The van der Waals surface area contributed by atoms with Gasteiger partial charge in [-0.1, -0.05) is 6.07 Å². The maximum Gasteiger partial charge on any atom is 0.407 e. The third-order valence-electron chi connectivity index (χ3n) is 6.20. The molecule has 1 aromatic rings. The van der Waals surface area contributed by atoms with Crippen LogP contribution in [0.15, 0.2) is 18.2 Å². The molecule has 3 rings (SSSR count). The molecule has 12 nitrogen and oxygen atoms in total. The van der Waals surface area contributed by atoms with Crippen LogP contribution in [-0.4, -0.2) is 81.8 Å². The van der Waals surface area contributed by atoms with Crippen molar-refractivity contribution in [3.8, 4) is 5.75 Å². The Bertz CT molecular complexity index is 1110. The smallest absolute Gasteiger partial charge is 0.407 e. The van der Waals surface area contributed by atoms with Gasteiger partial charge in [-0.2, -0.15) is 0 Å². The molecule has 2 aliphatic rings. The third-order valence-corrected chi connectivity index (χ3v) is 6.20. The summed E-state index contributed by atoms with van der Waals surface area (Å²) in [5, 5.41) is 14.2. The quantitative estimate of drug-likeness (QED) is 0.329. The van der Waals surface area contributed by atoms with Gasteiger partial charge in [-0.05, 0) is 58.6 Å². The number of rotatable bonds is 9. The van der Waals surface area contributed by atoms with Crippen LogP contribution in [0.4, 0.5) is 4.79 Å². The highest BCUT2D eigenvalue weighted by atomic mass is 16.5. The van der Waals surface area contributed by atoms with E-state index in [2.05, 4.69) is 10.6 Å². The number of ether oxygens (including phenoxy) is 1. The van der Waals surface area contributed by atoms with Crippen molar-refractivity contribution in [2.24, 2.45) is 0 Å². The molecule has 2 aliphatic heterocycles. The zero-order valence-electron chi connectivity index (χ0n) is 21.2. The standard InChI is InChI=1S/C25H32N4O8/c1-25(2,3)28(24(35)36)13-5-4-12-26-19(31)14-37-17-10-6-8-15-20(17)23(34)29(22(15)33)16-9-7-11-18(30)27-21(16)32/h6,8,10,16H,4-5,7,9,11-14H2,1-3H3,(H,26,31)(H,35,36)(H,27,30,32)/t16-/m0/s1. The maximum atomic E-state index is 13.1. The van der Waals surface area contributed by atoms with Gasteiger partial charge in [0.05, 0.1) is 11.1 Å². The highest BCUT2D eigenvalue weighted by Gasteiger charge is 2.45. The van der Waals surface area contributed by atoms with Crippen molar-refractivity contribution in [1.82, 2.24) is 20.4 Å². The molecule has 0 saturated carbocycles. The number of fused-ring (bicyclic) bond motifs is 1. The first-order valence-electron chi connectivity index (χ1n) is 12.2. The first-order valence-corrected chi connectivity index (χ1v) is 12.2. The lowest BCUT2D eigenvalue weighted by Crippen LogP contribution is -2.49. The summed E-state index contributed by atoms with van der Waals surface area (Å²) >= 11 is 0. The van der Waals surface area contributed by atoms with Gasteiger partial charge in [0.1, 0.15) is 11.8 Å². The molecule has 1 fully saturated rings. The topological polar surface area (TPSA) is 162 Å². The number of nitrogens with one attached hydrogen (secondary N) is 2. The van der Waals surface area contributed by atoms with Crippen LogP contribution in [-0.2, 0) is 14.4 Å². The third kappa shape index (κ3) is 6.43. The van der Waals surface area contributed by atoms with Gasteiger partial charge >= 0.3 is 6.09 Å². The summed E-state index contributed by atoms with van der Waals surface area (Å²) in [5.41, 5.74) is -0.488.